The van der Waals surface area contributed by atoms with Gasteiger partial charge >= 0.3 is 5.97 Å². The summed E-state index contributed by atoms with van der Waals surface area (Å²) in [6.45, 7) is 12.2. The summed E-state index contributed by atoms with van der Waals surface area (Å²) in [4.78, 5) is 24.2. The van der Waals surface area contributed by atoms with Crippen LogP contribution >= 0.6 is 0 Å². The van der Waals surface area contributed by atoms with Crippen molar-refractivity contribution in [3.8, 4) is 11.5 Å². The highest BCUT2D eigenvalue weighted by Gasteiger charge is 2.26. The molecule has 0 saturated heterocycles. The van der Waals surface area contributed by atoms with Crippen molar-refractivity contribution >= 4 is 11.8 Å². The second-order valence-corrected chi connectivity index (χ2v) is 9.26. The Hall–Kier alpha value is -3.14. The SMILES string of the molecule is COc1ccc(C(C)=O)c(OC(=O)/C=C(C)/C=C/C=C(C)/C=C/C2=C(C)CCCC2(C)C)c1. The van der Waals surface area contributed by atoms with Crippen LogP contribution in [0.15, 0.2) is 76.9 Å². The van der Waals surface area contributed by atoms with E-state index < -0.39 is 5.97 Å². The summed E-state index contributed by atoms with van der Waals surface area (Å²) in [5.74, 6) is -0.0247. The zero-order valence-corrected chi connectivity index (χ0v) is 21.0. The van der Waals surface area contributed by atoms with Gasteiger partial charge in [-0.1, -0.05) is 55.4 Å². The lowest BCUT2D eigenvalue weighted by atomic mass is 9.72. The summed E-state index contributed by atoms with van der Waals surface area (Å²) >= 11 is 0. The second-order valence-electron chi connectivity index (χ2n) is 9.26. The number of carbonyl (C=O) groups is 2. The fourth-order valence-electron chi connectivity index (χ4n) is 4.01. The molecule has 0 N–H and O–H groups in total. The summed E-state index contributed by atoms with van der Waals surface area (Å²) in [7, 11) is 1.52. The first kappa shape index (κ1) is 26.1. The number of benzene rings is 1. The number of esters is 1. The van der Waals surface area contributed by atoms with E-state index in [0.717, 1.165) is 11.1 Å². The average Bonchev–Trinajstić information content (AvgIpc) is 2.72. The Morgan fingerprint density at radius 1 is 1.06 bits per heavy atom. The van der Waals surface area contributed by atoms with Crippen molar-refractivity contribution in [2.75, 3.05) is 7.11 Å². The van der Waals surface area contributed by atoms with Crippen LogP contribution in [0.5, 0.6) is 11.5 Å². The first-order chi connectivity index (χ1) is 15.5. The Balaban J connectivity index is 2.06. The molecule has 1 aliphatic rings. The minimum Gasteiger partial charge on any atom is -0.497 e. The fourth-order valence-corrected chi connectivity index (χ4v) is 4.01. The van der Waals surface area contributed by atoms with Gasteiger partial charge in [-0.2, -0.15) is 0 Å². The maximum absolute atomic E-state index is 12.3. The molecule has 4 heteroatoms. The summed E-state index contributed by atoms with van der Waals surface area (Å²) in [6, 6.07) is 4.79. The number of allylic oxidation sites excluding steroid dienone is 9. The maximum atomic E-state index is 12.3. The van der Waals surface area contributed by atoms with E-state index >= 15 is 0 Å². The Labute approximate surface area is 198 Å². The predicted octanol–water partition coefficient (Wildman–Crippen LogP) is 7.33. The molecule has 1 aliphatic carbocycles. The van der Waals surface area contributed by atoms with Crippen LogP contribution < -0.4 is 9.47 Å². The van der Waals surface area contributed by atoms with E-state index in [-0.39, 0.29) is 16.9 Å². The molecule has 0 atom stereocenters. The lowest BCUT2D eigenvalue weighted by molar-refractivity contribution is -0.129. The van der Waals surface area contributed by atoms with Crippen LogP contribution in [0.4, 0.5) is 0 Å². The van der Waals surface area contributed by atoms with E-state index in [9.17, 15) is 9.59 Å². The van der Waals surface area contributed by atoms with Crippen molar-refractivity contribution in [3.05, 3.63) is 82.5 Å². The van der Waals surface area contributed by atoms with E-state index in [1.807, 2.05) is 25.2 Å². The van der Waals surface area contributed by atoms with Crippen LogP contribution in [0.2, 0.25) is 0 Å². The van der Waals surface area contributed by atoms with Gasteiger partial charge in [-0.15, -0.1) is 0 Å². The van der Waals surface area contributed by atoms with Gasteiger partial charge in [0.1, 0.15) is 11.5 Å². The molecule has 176 valence electrons. The molecule has 0 spiro atoms. The Bertz CT molecular complexity index is 1050. The zero-order chi connectivity index (χ0) is 24.6. The maximum Gasteiger partial charge on any atom is 0.336 e. The largest absolute Gasteiger partial charge is 0.497 e. The smallest absolute Gasteiger partial charge is 0.336 e. The summed E-state index contributed by atoms with van der Waals surface area (Å²) < 4.78 is 10.6. The molecule has 1 aromatic carbocycles. The molecule has 1 aromatic rings. The van der Waals surface area contributed by atoms with Crippen LogP contribution in [0.25, 0.3) is 0 Å². The number of methoxy groups -OCH3 is 1. The molecular weight excluding hydrogens is 412 g/mol. The molecular formula is C29H36O4. The summed E-state index contributed by atoms with van der Waals surface area (Å²) in [5.41, 5.74) is 5.35. The van der Waals surface area contributed by atoms with Gasteiger partial charge in [0, 0.05) is 12.1 Å². The first-order valence-corrected chi connectivity index (χ1v) is 11.4. The second kappa shape index (κ2) is 11.6. The van der Waals surface area contributed by atoms with Gasteiger partial charge in [0.05, 0.1) is 12.7 Å². The normalized spacial score (nSPS) is 17.1. The molecule has 0 aromatic heterocycles. The van der Waals surface area contributed by atoms with Gasteiger partial charge in [0.25, 0.3) is 0 Å². The molecule has 0 unspecified atom stereocenters. The molecule has 0 aliphatic heterocycles. The van der Waals surface area contributed by atoms with Crippen molar-refractivity contribution in [1.82, 2.24) is 0 Å². The predicted molar refractivity (Wildman–Crippen MR) is 135 cm³/mol. The number of carbonyl (C=O) groups excluding carboxylic acids is 2. The number of hydrogen-bond acceptors (Lipinski definition) is 4. The third-order valence-electron chi connectivity index (χ3n) is 5.90. The Morgan fingerprint density at radius 3 is 2.42 bits per heavy atom. The van der Waals surface area contributed by atoms with E-state index in [0.29, 0.717) is 11.3 Å². The zero-order valence-electron chi connectivity index (χ0n) is 21.0. The number of Topliss-reactive ketones (excluding diaryl/α,β-unsaturated/α-hetero) is 1. The van der Waals surface area contributed by atoms with Crippen LogP contribution in [0, 0.1) is 5.41 Å². The van der Waals surface area contributed by atoms with Crippen molar-refractivity contribution < 1.29 is 19.1 Å². The highest BCUT2D eigenvalue weighted by Crippen LogP contribution is 2.40. The minimum atomic E-state index is -0.546. The molecule has 2 rings (SSSR count). The van der Waals surface area contributed by atoms with Crippen molar-refractivity contribution in [2.45, 2.75) is 60.8 Å². The van der Waals surface area contributed by atoms with Crippen LogP contribution in [-0.4, -0.2) is 18.9 Å². The van der Waals surface area contributed by atoms with Crippen LogP contribution in [0.3, 0.4) is 0 Å². The molecule has 0 saturated carbocycles. The molecule has 4 nitrogen and oxygen atoms in total. The van der Waals surface area contributed by atoms with Crippen molar-refractivity contribution in [1.29, 1.82) is 0 Å². The van der Waals surface area contributed by atoms with E-state index in [4.69, 9.17) is 9.47 Å². The Morgan fingerprint density at radius 2 is 1.79 bits per heavy atom. The van der Waals surface area contributed by atoms with Crippen LogP contribution in [-0.2, 0) is 4.79 Å². The lowest BCUT2D eigenvalue weighted by Crippen LogP contribution is -2.19. The topological polar surface area (TPSA) is 52.6 Å². The molecule has 33 heavy (non-hydrogen) atoms. The van der Waals surface area contributed by atoms with E-state index in [1.54, 1.807) is 12.1 Å². The highest BCUT2D eigenvalue weighted by atomic mass is 16.5. The number of ether oxygens (including phenoxy) is 2. The lowest BCUT2D eigenvalue weighted by Gasteiger charge is -2.32. The molecule has 0 heterocycles. The molecule has 0 amide bonds. The van der Waals surface area contributed by atoms with Gasteiger partial charge in [-0.05, 0) is 75.7 Å². The van der Waals surface area contributed by atoms with Crippen molar-refractivity contribution in [3.63, 3.8) is 0 Å². The van der Waals surface area contributed by atoms with Gasteiger partial charge in [0.2, 0.25) is 0 Å². The number of hydrogen-bond donors (Lipinski definition) is 0. The van der Waals surface area contributed by atoms with Gasteiger partial charge in [0.15, 0.2) is 5.78 Å². The minimum absolute atomic E-state index is 0.183. The monoisotopic (exact) mass is 448 g/mol. The standard InChI is InChI=1S/C29H36O4/c1-20(13-16-26-22(3)12-9-17-29(26,5)6)10-8-11-21(2)18-28(31)33-27-19-24(32-7)14-15-25(27)23(4)30/h8,10-11,13-16,18-19H,9,12,17H2,1-7H3/b11-8+,16-13+,20-10+,21-18+. The fraction of sp³-hybridized carbons (Fsp3) is 0.379. The Kier molecular flexibility index (Phi) is 9.22. The average molecular weight is 449 g/mol. The van der Waals surface area contributed by atoms with E-state index in [2.05, 4.69) is 39.8 Å². The molecule has 0 fully saturated rings. The molecule has 0 radical (unpaired) electrons. The van der Waals surface area contributed by atoms with Crippen molar-refractivity contribution in [2.24, 2.45) is 5.41 Å². The third kappa shape index (κ3) is 7.74. The third-order valence-corrected chi connectivity index (χ3v) is 5.90. The van der Waals surface area contributed by atoms with E-state index in [1.165, 1.54) is 56.6 Å². The highest BCUT2D eigenvalue weighted by molar-refractivity contribution is 5.98. The molecule has 0 bridgehead atoms. The quantitative estimate of drug-likeness (QED) is 0.137. The van der Waals surface area contributed by atoms with Gasteiger partial charge in [-0.25, -0.2) is 4.79 Å². The van der Waals surface area contributed by atoms with Crippen LogP contribution in [0.1, 0.15) is 71.2 Å². The first-order valence-electron chi connectivity index (χ1n) is 11.4. The number of rotatable bonds is 8. The summed E-state index contributed by atoms with van der Waals surface area (Å²) in [5, 5.41) is 0. The number of ketones is 1. The van der Waals surface area contributed by atoms with Gasteiger partial charge < -0.3 is 9.47 Å². The summed E-state index contributed by atoms with van der Waals surface area (Å²) in [6.07, 6.45) is 15.2. The van der Waals surface area contributed by atoms with Gasteiger partial charge in [-0.3, -0.25) is 4.79 Å².